The number of ether oxygens (including phenoxy) is 1. The molecular formula is C13H15NO. The van der Waals surface area contributed by atoms with Crippen LogP contribution in [-0.2, 0) is 0 Å². The summed E-state index contributed by atoms with van der Waals surface area (Å²) in [6, 6.07) is 8.19. The van der Waals surface area contributed by atoms with E-state index in [-0.39, 0.29) is 6.10 Å². The molecule has 2 aromatic rings. The minimum Gasteiger partial charge on any atom is -0.475 e. The fourth-order valence-electron chi connectivity index (χ4n) is 1.63. The van der Waals surface area contributed by atoms with Crippen LogP contribution >= 0.6 is 0 Å². The molecular weight excluding hydrogens is 186 g/mol. The van der Waals surface area contributed by atoms with Crippen LogP contribution in [0.15, 0.2) is 30.5 Å². The second kappa shape index (κ2) is 3.89. The van der Waals surface area contributed by atoms with Crippen molar-refractivity contribution in [1.29, 1.82) is 0 Å². The minimum absolute atomic E-state index is 0.156. The van der Waals surface area contributed by atoms with Crippen LogP contribution in [0, 0.1) is 6.92 Å². The predicted octanol–water partition coefficient (Wildman–Crippen LogP) is 3.33. The highest BCUT2D eigenvalue weighted by Gasteiger charge is 2.06. The molecule has 0 radical (unpaired) electrons. The Hall–Kier alpha value is -1.57. The molecule has 0 spiro atoms. The molecule has 78 valence electrons. The van der Waals surface area contributed by atoms with E-state index in [0.717, 1.165) is 11.3 Å². The number of hydrogen-bond acceptors (Lipinski definition) is 2. The summed E-state index contributed by atoms with van der Waals surface area (Å²) in [5.74, 6) is 0.728. The highest BCUT2D eigenvalue weighted by molar-refractivity contribution is 5.89. The SMILES string of the molecule is Cc1cnc(OC(C)C)c2ccccc12. The first-order valence-electron chi connectivity index (χ1n) is 5.19. The fourth-order valence-corrected chi connectivity index (χ4v) is 1.63. The molecule has 2 nitrogen and oxygen atoms in total. The average molecular weight is 201 g/mol. The van der Waals surface area contributed by atoms with E-state index in [1.54, 1.807) is 0 Å². The third-order valence-corrected chi connectivity index (χ3v) is 2.31. The van der Waals surface area contributed by atoms with Crippen LogP contribution in [0.1, 0.15) is 19.4 Å². The zero-order chi connectivity index (χ0) is 10.8. The smallest absolute Gasteiger partial charge is 0.221 e. The first-order valence-corrected chi connectivity index (χ1v) is 5.19. The lowest BCUT2D eigenvalue weighted by Crippen LogP contribution is -2.07. The van der Waals surface area contributed by atoms with Gasteiger partial charge >= 0.3 is 0 Å². The molecule has 2 heteroatoms. The van der Waals surface area contributed by atoms with E-state index < -0.39 is 0 Å². The van der Waals surface area contributed by atoms with Crippen molar-refractivity contribution in [2.75, 3.05) is 0 Å². The van der Waals surface area contributed by atoms with E-state index >= 15 is 0 Å². The van der Waals surface area contributed by atoms with E-state index in [4.69, 9.17) is 4.74 Å². The third-order valence-electron chi connectivity index (χ3n) is 2.31. The van der Waals surface area contributed by atoms with Crippen LogP contribution in [0.25, 0.3) is 10.8 Å². The average Bonchev–Trinajstić information content (AvgIpc) is 2.22. The molecule has 1 aromatic heterocycles. The molecule has 1 aromatic carbocycles. The zero-order valence-corrected chi connectivity index (χ0v) is 9.32. The molecule has 1 heterocycles. The van der Waals surface area contributed by atoms with Gasteiger partial charge in [-0.2, -0.15) is 0 Å². The number of fused-ring (bicyclic) bond motifs is 1. The summed E-state index contributed by atoms with van der Waals surface area (Å²) in [5.41, 5.74) is 1.18. The fraction of sp³-hybridized carbons (Fsp3) is 0.308. The van der Waals surface area contributed by atoms with Crippen molar-refractivity contribution >= 4 is 10.8 Å². The van der Waals surface area contributed by atoms with Crippen molar-refractivity contribution < 1.29 is 4.74 Å². The van der Waals surface area contributed by atoms with E-state index in [1.165, 1.54) is 10.9 Å². The van der Waals surface area contributed by atoms with E-state index in [2.05, 4.69) is 18.0 Å². The van der Waals surface area contributed by atoms with Crippen LogP contribution in [-0.4, -0.2) is 11.1 Å². The standard InChI is InChI=1S/C13H15NO/c1-9(2)15-13-12-7-5-4-6-11(12)10(3)8-14-13/h4-9H,1-3H3. The lowest BCUT2D eigenvalue weighted by molar-refractivity contribution is 0.236. The minimum atomic E-state index is 0.156. The molecule has 0 bridgehead atoms. The van der Waals surface area contributed by atoms with Crippen molar-refractivity contribution in [1.82, 2.24) is 4.98 Å². The van der Waals surface area contributed by atoms with Crippen LogP contribution in [0.2, 0.25) is 0 Å². The van der Waals surface area contributed by atoms with Crippen molar-refractivity contribution in [2.24, 2.45) is 0 Å². The predicted molar refractivity (Wildman–Crippen MR) is 62.2 cm³/mol. The second-order valence-corrected chi connectivity index (χ2v) is 3.96. The van der Waals surface area contributed by atoms with Gasteiger partial charge in [0.2, 0.25) is 5.88 Å². The topological polar surface area (TPSA) is 22.1 Å². The molecule has 0 atom stereocenters. The summed E-state index contributed by atoms with van der Waals surface area (Å²) < 4.78 is 5.67. The molecule has 0 saturated heterocycles. The van der Waals surface area contributed by atoms with Crippen molar-refractivity contribution in [3.63, 3.8) is 0 Å². The molecule has 0 unspecified atom stereocenters. The third kappa shape index (κ3) is 1.94. The molecule has 0 N–H and O–H groups in total. The first kappa shape index (κ1) is 9.97. The number of pyridine rings is 1. The number of aromatic nitrogens is 1. The lowest BCUT2D eigenvalue weighted by Gasteiger charge is -2.11. The number of rotatable bonds is 2. The van der Waals surface area contributed by atoms with Gasteiger partial charge in [-0.25, -0.2) is 4.98 Å². The number of aryl methyl sites for hydroxylation is 1. The van der Waals surface area contributed by atoms with Crippen LogP contribution in [0.5, 0.6) is 5.88 Å². The van der Waals surface area contributed by atoms with E-state index in [1.807, 2.05) is 38.2 Å². The Labute approximate surface area is 89.9 Å². The maximum absolute atomic E-state index is 5.67. The lowest BCUT2D eigenvalue weighted by atomic mass is 10.1. The quantitative estimate of drug-likeness (QED) is 0.743. The Morgan fingerprint density at radius 2 is 1.80 bits per heavy atom. The molecule has 0 aliphatic carbocycles. The Balaban J connectivity index is 2.61. The Bertz CT molecular complexity index is 477. The summed E-state index contributed by atoms with van der Waals surface area (Å²) in [4.78, 5) is 4.32. The van der Waals surface area contributed by atoms with Crippen molar-refractivity contribution in [2.45, 2.75) is 26.9 Å². The highest BCUT2D eigenvalue weighted by atomic mass is 16.5. The molecule has 0 aliphatic heterocycles. The zero-order valence-electron chi connectivity index (χ0n) is 9.32. The van der Waals surface area contributed by atoms with Gasteiger partial charge < -0.3 is 4.74 Å². The maximum atomic E-state index is 5.67. The van der Waals surface area contributed by atoms with Gasteiger partial charge in [0.25, 0.3) is 0 Å². The van der Waals surface area contributed by atoms with Gasteiger partial charge in [-0.15, -0.1) is 0 Å². The van der Waals surface area contributed by atoms with Gasteiger partial charge in [-0.05, 0) is 37.8 Å². The number of hydrogen-bond donors (Lipinski definition) is 0. The number of benzene rings is 1. The molecule has 0 saturated carbocycles. The largest absolute Gasteiger partial charge is 0.475 e. The van der Waals surface area contributed by atoms with Crippen LogP contribution < -0.4 is 4.74 Å². The van der Waals surface area contributed by atoms with Crippen LogP contribution in [0.3, 0.4) is 0 Å². The molecule has 15 heavy (non-hydrogen) atoms. The summed E-state index contributed by atoms with van der Waals surface area (Å²) in [6.45, 7) is 6.08. The normalized spacial score (nSPS) is 10.9. The molecule has 0 aliphatic rings. The van der Waals surface area contributed by atoms with Crippen LogP contribution in [0.4, 0.5) is 0 Å². The molecule has 0 amide bonds. The van der Waals surface area contributed by atoms with Gasteiger partial charge in [0, 0.05) is 11.6 Å². The number of nitrogens with zero attached hydrogens (tertiary/aromatic N) is 1. The van der Waals surface area contributed by atoms with E-state index in [9.17, 15) is 0 Å². The Kier molecular flexibility index (Phi) is 2.58. The first-order chi connectivity index (χ1) is 7.18. The monoisotopic (exact) mass is 201 g/mol. The van der Waals surface area contributed by atoms with Gasteiger partial charge in [-0.3, -0.25) is 0 Å². The van der Waals surface area contributed by atoms with Gasteiger partial charge in [-0.1, -0.05) is 18.2 Å². The summed E-state index contributed by atoms with van der Waals surface area (Å²) >= 11 is 0. The second-order valence-electron chi connectivity index (χ2n) is 3.96. The van der Waals surface area contributed by atoms with Gasteiger partial charge in [0.05, 0.1) is 6.10 Å². The summed E-state index contributed by atoms with van der Waals surface area (Å²) in [6.07, 6.45) is 2.02. The highest BCUT2D eigenvalue weighted by Crippen LogP contribution is 2.25. The Morgan fingerprint density at radius 3 is 2.47 bits per heavy atom. The van der Waals surface area contributed by atoms with Gasteiger partial charge in [0.15, 0.2) is 0 Å². The summed E-state index contributed by atoms with van der Waals surface area (Å²) in [7, 11) is 0. The maximum Gasteiger partial charge on any atom is 0.221 e. The van der Waals surface area contributed by atoms with Gasteiger partial charge in [0.1, 0.15) is 0 Å². The van der Waals surface area contributed by atoms with Crippen molar-refractivity contribution in [3.8, 4) is 5.88 Å². The van der Waals surface area contributed by atoms with Crippen molar-refractivity contribution in [3.05, 3.63) is 36.0 Å². The van der Waals surface area contributed by atoms with E-state index in [0.29, 0.717) is 0 Å². The molecule has 0 fully saturated rings. The Morgan fingerprint density at radius 1 is 1.13 bits per heavy atom. The summed E-state index contributed by atoms with van der Waals surface area (Å²) in [5, 5.41) is 2.30. The molecule has 2 rings (SSSR count).